The van der Waals surface area contributed by atoms with Crippen LogP contribution in [-0.4, -0.2) is 18.8 Å². The van der Waals surface area contributed by atoms with E-state index in [1.54, 1.807) is 7.11 Å². The average molecular weight is 194 g/mol. The van der Waals surface area contributed by atoms with Gasteiger partial charge in [-0.1, -0.05) is 25.1 Å². The van der Waals surface area contributed by atoms with Crippen molar-refractivity contribution in [1.29, 1.82) is 0 Å². The maximum atomic E-state index is 8.91. The van der Waals surface area contributed by atoms with Crippen molar-refractivity contribution < 1.29 is 9.84 Å². The quantitative estimate of drug-likeness (QED) is 0.779. The van der Waals surface area contributed by atoms with Gasteiger partial charge in [0, 0.05) is 6.61 Å². The van der Waals surface area contributed by atoms with Gasteiger partial charge < -0.3 is 9.84 Å². The summed E-state index contributed by atoms with van der Waals surface area (Å²) in [4.78, 5) is 0. The summed E-state index contributed by atoms with van der Waals surface area (Å²) in [5.74, 6) is 1.30. The minimum absolute atomic E-state index is 0.259. The molecule has 1 rings (SSSR count). The first-order chi connectivity index (χ1) is 6.77. The van der Waals surface area contributed by atoms with Crippen LogP contribution in [0.15, 0.2) is 24.3 Å². The van der Waals surface area contributed by atoms with E-state index in [2.05, 4.69) is 13.0 Å². The largest absolute Gasteiger partial charge is 0.496 e. The number of aliphatic hydroxyl groups is 1. The maximum absolute atomic E-state index is 8.91. The summed E-state index contributed by atoms with van der Waals surface area (Å²) in [5, 5.41) is 8.91. The third kappa shape index (κ3) is 3.04. The lowest BCUT2D eigenvalue weighted by Gasteiger charge is -2.10. The Kier molecular flexibility index (Phi) is 4.47. The van der Waals surface area contributed by atoms with Crippen molar-refractivity contribution in [3.8, 4) is 5.75 Å². The highest BCUT2D eigenvalue weighted by Crippen LogP contribution is 2.20. The van der Waals surface area contributed by atoms with Crippen molar-refractivity contribution in [3.63, 3.8) is 0 Å². The van der Waals surface area contributed by atoms with Crippen LogP contribution < -0.4 is 4.74 Å². The molecule has 0 aliphatic heterocycles. The predicted octanol–water partition coefficient (Wildman–Crippen LogP) is 2.26. The Labute approximate surface area is 85.5 Å². The number of rotatable bonds is 5. The zero-order valence-electron chi connectivity index (χ0n) is 8.86. The van der Waals surface area contributed by atoms with Gasteiger partial charge in [-0.3, -0.25) is 0 Å². The molecule has 0 spiro atoms. The van der Waals surface area contributed by atoms with Gasteiger partial charge in [0.25, 0.3) is 0 Å². The highest BCUT2D eigenvalue weighted by molar-refractivity contribution is 5.33. The minimum Gasteiger partial charge on any atom is -0.496 e. The van der Waals surface area contributed by atoms with Gasteiger partial charge in [-0.05, 0) is 30.4 Å². The second-order valence-electron chi connectivity index (χ2n) is 3.64. The third-order valence-corrected chi connectivity index (χ3v) is 2.41. The molecule has 2 heteroatoms. The van der Waals surface area contributed by atoms with Crippen molar-refractivity contribution in [1.82, 2.24) is 0 Å². The molecular weight excluding hydrogens is 176 g/mol. The molecule has 0 aliphatic rings. The van der Waals surface area contributed by atoms with Gasteiger partial charge in [0.1, 0.15) is 5.75 Å². The third-order valence-electron chi connectivity index (χ3n) is 2.41. The first-order valence-corrected chi connectivity index (χ1v) is 5.00. The number of aliphatic hydroxyl groups excluding tert-OH is 1. The highest BCUT2D eigenvalue weighted by atomic mass is 16.5. The second kappa shape index (κ2) is 5.66. The number of para-hydroxylation sites is 1. The average Bonchev–Trinajstić information content (AvgIpc) is 2.26. The fourth-order valence-electron chi connectivity index (χ4n) is 1.40. The van der Waals surface area contributed by atoms with E-state index >= 15 is 0 Å². The Hall–Kier alpha value is -1.02. The van der Waals surface area contributed by atoms with Crippen LogP contribution in [-0.2, 0) is 6.42 Å². The first kappa shape index (κ1) is 11.1. The van der Waals surface area contributed by atoms with E-state index in [0.29, 0.717) is 5.92 Å². The molecule has 0 fully saturated rings. The van der Waals surface area contributed by atoms with Gasteiger partial charge in [-0.25, -0.2) is 0 Å². The summed E-state index contributed by atoms with van der Waals surface area (Å²) >= 11 is 0. The van der Waals surface area contributed by atoms with Crippen LogP contribution in [0.2, 0.25) is 0 Å². The number of hydrogen-bond acceptors (Lipinski definition) is 2. The summed E-state index contributed by atoms with van der Waals surface area (Å²) in [6, 6.07) is 8.03. The molecule has 1 atom stereocenters. The summed E-state index contributed by atoms with van der Waals surface area (Å²) in [7, 11) is 1.69. The molecule has 0 bridgehead atoms. The van der Waals surface area contributed by atoms with Gasteiger partial charge in [0.2, 0.25) is 0 Å². The smallest absolute Gasteiger partial charge is 0.122 e. The Balaban J connectivity index is 2.57. The number of ether oxygens (including phenoxy) is 1. The van der Waals surface area contributed by atoms with Crippen LogP contribution in [0.3, 0.4) is 0 Å². The molecule has 1 aromatic carbocycles. The Bertz CT molecular complexity index is 271. The molecule has 0 aliphatic carbocycles. The number of hydrogen-bond donors (Lipinski definition) is 1. The molecule has 0 saturated heterocycles. The van der Waals surface area contributed by atoms with Crippen LogP contribution in [0.1, 0.15) is 18.9 Å². The van der Waals surface area contributed by atoms with E-state index in [-0.39, 0.29) is 6.61 Å². The molecule has 1 N–H and O–H groups in total. The molecule has 14 heavy (non-hydrogen) atoms. The minimum atomic E-state index is 0.259. The van der Waals surface area contributed by atoms with Crippen molar-refractivity contribution in [3.05, 3.63) is 29.8 Å². The fraction of sp³-hybridized carbons (Fsp3) is 0.500. The number of benzene rings is 1. The second-order valence-corrected chi connectivity index (χ2v) is 3.64. The van der Waals surface area contributed by atoms with Crippen LogP contribution in [0, 0.1) is 5.92 Å². The summed E-state index contributed by atoms with van der Waals surface area (Å²) < 4.78 is 5.25. The normalized spacial score (nSPS) is 12.5. The van der Waals surface area contributed by atoms with Gasteiger partial charge in [0.15, 0.2) is 0 Å². The van der Waals surface area contributed by atoms with Crippen LogP contribution in [0.4, 0.5) is 0 Å². The van der Waals surface area contributed by atoms with E-state index in [4.69, 9.17) is 9.84 Å². The van der Waals surface area contributed by atoms with Crippen LogP contribution >= 0.6 is 0 Å². The van der Waals surface area contributed by atoms with E-state index in [0.717, 1.165) is 18.6 Å². The first-order valence-electron chi connectivity index (χ1n) is 5.00. The standard InChI is InChI=1S/C12H18O2/c1-10(9-13)7-8-11-5-3-4-6-12(11)14-2/h3-6,10,13H,7-9H2,1-2H3/t10-/m0/s1. The zero-order valence-corrected chi connectivity index (χ0v) is 8.86. The molecule has 0 radical (unpaired) electrons. The van der Waals surface area contributed by atoms with E-state index in [9.17, 15) is 0 Å². The SMILES string of the molecule is COc1ccccc1CC[C@H](C)CO. The molecule has 0 heterocycles. The fourth-order valence-corrected chi connectivity index (χ4v) is 1.40. The lowest BCUT2D eigenvalue weighted by atomic mass is 10.0. The molecule has 2 nitrogen and oxygen atoms in total. The molecule has 1 aromatic rings. The molecular formula is C12H18O2. The van der Waals surface area contributed by atoms with Gasteiger partial charge in [-0.15, -0.1) is 0 Å². The Morgan fingerprint density at radius 2 is 2.07 bits per heavy atom. The number of aryl methyl sites for hydroxylation is 1. The van der Waals surface area contributed by atoms with Gasteiger partial charge in [0.05, 0.1) is 7.11 Å². The Morgan fingerprint density at radius 3 is 2.71 bits per heavy atom. The van der Waals surface area contributed by atoms with Gasteiger partial charge in [-0.2, -0.15) is 0 Å². The van der Waals surface area contributed by atoms with Crippen LogP contribution in [0.5, 0.6) is 5.75 Å². The van der Waals surface area contributed by atoms with E-state index in [1.807, 2.05) is 18.2 Å². The monoisotopic (exact) mass is 194 g/mol. The summed E-state index contributed by atoms with van der Waals surface area (Å²) in [6.07, 6.45) is 1.96. The molecule has 78 valence electrons. The van der Waals surface area contributed by atoms with E-state index < -0.39 is 0 Å². The molecule has 0 unspecified atom stereocenters. The summed E-state index contributed by atoms with van der Waals surface area (Å²) in [6.45, 7) is 2.31. The van der Waals surface area contributed by atoms with Gasteiger partial charge >= 0.3 is 0 Å². The maximum Gasteiger partial charge on any atom is 0.122 e. The van der Waals surface area contributed by atoms with Crippen LogP contribution in [0.25, 0.3) is 0 Å². The molecule has 0 amide bonds. The van der Waals surface area contributed by atoms with E-state index in [1.165, 1.54) is 5.56 Å². The lowest BCUT2D eigenvalue weighted by molar-refractivity contribution is 0.230. The van der Waals surface area contributed by atoms with Crippen molar-refractivity contribution >= 4 is 0 Å². The zero-order chi connectivity index (χ0) is 10.4. The molecule has 0 aromatic heterocycles. The predicted molar refractivity (Wildman–Crippen MR) is 57.6 cm³/mol. The van der Waals surface area contributed by atoms with Crippen molar-refractivity contribution in [2.75, 3.05) is 13.7 Å². The van der Waals surface area contributed by atoms with Crippen molar-refractivity contribution in [2.24, 2.45) is 5.92 Å². The van der Waals surface area contributed by atoms with Crippen molar-refractivity contribution in [2.45, 2.75) is 19.8 Å². The Morgan fingerprint density at radius 1 is 1.36 bits per heavy atom. The topological polar surface area (TPSA) is 29.5 Å². The summed E-state index contributed by atoms with van der Waals surface area (Å²) in [5.41, 5.74) is 1.22. The molecule has 0 saturated carbocycles. The highest BCUT2D eigenvalue weighted by Gasteiger charge is 2.04. The number of methoxy groups -OCH3 is 1. The lowest BCUT2D eigenvalue weighted by Crippen LogP contribution is -2.03.